The summed E-state index contributed by atoms with van der Waals surface area (Å²) in [6, 6.07) is 27.1. The van der Waals surface area contributed by atoms with Crippen LogP contribution in [-0.4, -0.2) is 0 Å². The molecule has 5 aromatic carbocycles. The van der Waals surface area contributed by atoms with E-state index in [0.29, 0.717) is 12.3 Å². The summed E-state index contributed by atoms with van der Waals surface area (Å²) in [5, 5.41) is 10.0. The second-order valence-electron chi connectivity index (χ2n) is 7.62. The van der Waals surface area contributed by atoms with Crippen molar-refractivity contribution in [2.75, 3.05) is 0 Å². The highest BCUT2D eigenvalue weighted by Gasteiger charge is 2.22. The number of benzene rings is 5. The van der Waals surface area contributed by atoms with E-state index in [0.717, 1.165) is 18.2 Å². The van der Waals surface area contributed by atoms with Gasteiger partial charge in [0.1, 0.15) is 0 Å². The molecule has 30 heavy (non-hydrogen) atoms. The van der Waals surface area contributed by atoms with Crippen molar-refractivity contribution in [2.45, 2.75) is 26.3 Å². The Morgan fingerprint density at radius 2 is 1.43 bits per heavy atom. The van der Waals surface area contributed by atoms with Gasteiger partial charge in [0.2, 0.25) is 0 Å². The van der Waals surface area contributed by atoms with Gasteiger partial charge in [0.05, 0.1) is 6.54 Å². The Morgan fingerprint density at radius 3 is 2.20 bits per heavy atom. The third-order valence-corrected chi connectivity index (χ3v) is 6.49. The molecular weight excluding hydrogens is 389 g/mol. The highest BCUT2D eigenvalue weighted by molar-refractivity contribution is 7.37. The van der Waals surface area contributed by atoms with Crippen molar-refractivity contribution in [3.05, 3.63) is 90.0 Å². The monoisotopic (exact) mass is 412 g/mol. The van der Waals surface area contributed by atoms with Gasteiger partial charge in [-0.25, -0.2) is 4.52 Å². The van der Waals surface area contributed by atoms with E-state index in [1.54, 1.807) is 0 Å². The van der Waals surface area contributed by atoms with E-state index < -0.39 is 8.18 Å². The van der Waals surface area contributed by atoms with Crippen LogP contribution in [0.2, 0.25) is 0 Å². The van der Waals surface area contributed by atoms with Crippen LogP contribution in [0.1, 0.15) is 24.5 Å². The fourth-order valence-electron chi connectivity index (χ4n) is 4.30. The maximum atomic E-state index is 12.7. The highest BCUT2D eigenvalue weighted by Crippen LogP contribution is 2.40. The lowest BCUT2D eigenvalue weighted by Crippen LogP contribution is -2.08. The molecule has 0 aromatic heterocycles. The molecule has 1 N–H and O–H groups in total. The van der Waals surface area contributed by atoms with Crippen molar-refractivity contribution in [3.8, 4) is 5.75 Å². The third kappa shape index (κ3) is 3.41. The van der Waals surface area contributed by atoms with Gasteiger partial charge in [-0.05, 0) is 51.2 Å². The summed E-state index contributed by atoms with van der Waals surface area (Å²) in [4.78, 5) is 0. The van der Waals surface area contributed by atoms with Crippen LogP contribution < -0.4 is 9.61 Å². The van der Waals surface area contributed by atoms with Crippen molar-refractivity contribution in [1.29, 1.82) is 0 Å². The van der Waals surface area contributed by atoms with Crippen molar-refractivity contribution < 1.29 is 9.09 Å². The fourth-order valence-corrected chi connectivity index (χ4v) is 5.00. The van der Waals surface area contributed by atoms with E-state index in [2.05, 4.69) is 72.7 Å². The Hall–Kier alpha value is -3.00. The number of hydrogen-bond acceptors (Lipinski definition) is 2. The predicted molar refractivity (Wildman–Crippen MR) is 126 cm³/mol. The number of rotatable bonds is 7. The van der Waals surface area contributed by atoms with Gasteiger partial charge in [-0.2, -0.15) is 0 Å². The van der Waals surface area contributed by atoms with E-state index >= 15 is 0 Å². The first-order valence-electron chi connectivity index (χ1n) is 10.4. The topological polar surface area (TPSA) is 38.3 Å². The molecule has 0 heterocycles. The lowest BCUT2D eigenvalue weighted by Gasteiger charge is -2.11. The summed E-state index contributed by atoms with van der Waals surface area (Å²) in [7, 11) is -2.04. The Bertz CT molecular complexity index is 1350. The number of nitrogens with one attached hydrogen (secondary N) is 1. The van der Waals surface area contributed by atoms with Gasteiger partial charge in [-0.1, -0.05) is 85.2 Å². The van der Waals surface area contributed by atoms with Crippen LogP contribution in [0.15, 0.2) is 78.9 Å². The van der Waals surface area contributed by atoms with Crippen molar-refractivity contribution in [3.63, 3.8) is 0 Å². The average Bonchev–Trinajstić information content (AvgIpc) is 2.78. The maximum absolute atomic E-state index is 12.7. The molecule has 0 amide bonds. The molecular formula is C26H23NO2P+. The fraction of sp³-hybridized carbons (Fsp3) is 0.154. The minimum absolute atomic E-state index is 0.525. The van der Waals surface area contributed by atoms with Crippen LogP contribution >= 0.6 is 8.18 Å². The second kappa shape index (κ2) is 8.02. The molecule has 4 heteroatoms. The highest BCUT2D eigenvalue weighted by atomic mass is 31.1. The molecule has 0 saturated heterocycles. The molecule has 0 spiro atoms. The third-order valence-electron chi connectivity index (χ3n) is 5.71. The maximum Gasteiger partial charge on any atom is 0.664 e. The van der Waals surface area contributed by atoms with E-state index in [1.165, 1.54) is 38.1 Å². The first kappa shape index (κ1) is 19.0. The molecule has 1 unspecified atom stereocenters. The molecule has 0 fully saturated rings. The predicted octanol–water partition coefficient (Wildman–Crippen LogP) is 7.36. The van der Waals surface area contributed by atoms with Gasteiger partial charge in [-0.15, -0.1) is 0 Å². The summed E-state index contributed by atoms with van der Waals surface area (Å²) >= 11 is 0. The molecule has 0 radical (unpaired) electrons. The minimum atomic E-state index is -2.04. The Labute approximate surface area is 176 Å². The van der Waals surface area contributed by atoms with E-state index in [1.807, 2.05) is 18.2 Å². The SMILES string of the molecule is CCCc1ccccc1CN[P+](=O)Oc1ccc2ccc3cccc4ccc1c2c34. The first-order chi connectivity index (χ1) is 14.7. The van der Waals surface area contributed by atoms with Crippen LogP contribution in [0.4, 0.5) is 0 Å². The van der Waals surface area contributed by atoms with Gasteiger partial charge in [0.25, 0.3) is 0 Å². The van der Waals surface area contributed by atoms with Gasteiger partial charge in [0, 0.05) is 15.3 Å². The lowest BCUT2D eigenvalue weighted by atomic mass is 9.94. The van der Waals surface area contributed by atoms with Gasteiger partial charge < -0.3 is 0 Å². The molecule has 3 nitrogen and oxygen atoms in total. The number of hydrogen-bond donors (Lipinski definition) is 1. The standard InChI is InChI=1S/C26H23NO2P/c1-2-6-18-7-3-4-8-22(18)17-27-30(28)29-24-16-14-21-12-11-19-9-5-10-20-13-15-23(24)26(21)25(19)20/h3-5,7-16H,2,6,17H2,1H3,(H,27,28)/q+1. The van der Waals surface area contributed by atoms with Crippen molar-refractivity contribution in [1.82, 2.24) is 5.09 Å². The Kier molecular flexibility index (Phi) is 5.08. The van der Waals surface area contributed by atoms with Crippen molar-refractivity contribution >= 4 is 40.5 Å². The smallest absolute Gasteiger partial charge is 0.239 e. The van der Waals surface area contributed by atoms with Crippen LogP contribution in [0.3, 0.4) is 0 Å². The Morgan fingerprint density at radius 1 is 0.767 bits per heavy atom. The summed E-state index contributed by atoms with van der Waals surface area (Å²) in [6.07, 6.45) is 2.10. The normalized spacial score (nSPS) is 12.1. The molecule has 5 rings (SSSR count). The van der Waals surface area contributed by atoms with Crippen LogP contribution in [-0.2, 0) is 17.5 Å². The van der Waals surface area contributed by atoms with Gasteiger partial charge >= 0.3 is 8.18 Å². The first-order valence-corrected chi connectivity index (χ1v) is 11.5. The zero-order valence-electron chi connectivity index (χ0n) is 16.9. The van der Waals surface area contributed by atoms with Crippen LogP contribution in [0.25, 0.3) is 32.3 Å². The zero-order valence-corrected chi connectivity index (χ0v) is 17.8. The molecule has 0 saturated carbocycles. The van der Waals surface area contributed by atoms with Crippen molar-refractivity contribution in [2.24, 2.45) is 0 Å². The largest absolute Gasteiger partial charge is 0.664 e. The second-order valence-corrected chi connectivity index (χ2v) is 8.63. The molecule has 0 aliphatic carbocycles. The minimum Gasteiger partial charge on any atom is -0.239 e. The molecule has 0 bridgehead atoms. The number of aryl methyl sites for hydroxylation is 1. The quantitative estimate of drug-likeness (QED) is 0.224. The van der Waals surface area contributed by atoms with Gasteiger partial charge in [-0.3, -0.25) is 0 Å². The molecule has 0 aliphatic rings. The molecule has 148 valence electrons. The molecule has 1 atom stereocenters. The summed E-state index contributed by atoms with van der Waals surface area (Å²) in [5.74, 6) is 0.649. The van der Waals surface area contributed by atoms with E-state index in [4.69, 9.17) is 4.52 Å². The molecule has 5 aromatic rings. The summed E-state index contributed by atoms with van der Waals surface area (Å²) in [6.45, 7) is 2.69. The summed E-state index contributed by atoms with van der Waals surface area (Å²) in [5.41, 5.74) is 2.46. The van der Waals surface area contributed by atoms with Gasteiger partial charge in [0.15, 0.2) is 5.75 Å². The zero-order chi connectivity index (χ0) is 20.5. The summed E-state index contributed by atoms with van der Waals surface area (Å²) < 4.78 is 18.6. The van der Waals surface area contributed by atoms with E-state index in [9.17, 15) is 4.57 Å². The Balaban J connectivity index is 1.43. The van der Waals surface area contributed by atoms with Crippen LogP contribution in [0.5, 0.6) is 5.75 Å². The van der Waals surface area contributed by atoms with E-state index in [-0.39, 0.29) is 0 Å². The lowest BCUT2D eigenvalue weighted by molar-refractivity contribution is 0.494. The average molecular weight is 412 g/mol. The molecule has 0 aliphatic heterocycles. The van der Waals surface area contributed by atoms with Crippen LogP contribution in [0, 0.1) is 0 Å².